The summed E-state index contributed by atoms with van der Waals surface area (Å²) in [5, 5.41) is 0. The lowest BCUT2D eigenvalue weighted by Crippen LogP contribution is -2.37. The summed E-state index contributed by atoms with van der Waals surface area (Å²) in [4.78, 5) is 7.27. The van der Waals surface area contributed by atoms with Crippen molar-refractivity contribution in [2.45, 2.75) is 24.3 Å². The number of aromatic nitrogens is 2. The van der Waals surface area contributed by atoms with Gasteiger partial charge in [-0.05, 0) is 6.42 Å². The van der Waals surface area contributed by atoms with Gasteiger partial charge < -0.3 is 10.5 Å². The molecule has 8 heteroatoms. The second kappa shape index (κ2) is 5.89. The Morgan fingerprint density at radius 3 is 2.53 bits per heavy atom. The van der Waals surface area contributed by atoms with Crippen molar-refractivity contribution in [2.75, 3.05) is 19.5 Å². The summed E-state index contributed by atoms with van der Waals surface area (Å²) < 4.78 is 31.2. The van der Waals surface area contributed by atoms with E-state index >= 15 is 0 Å². The number of sulfonamides is 1. The molecule has 96 valence electrons. The lowest BCUT2D eigenvalue weighted by molar-refractivity contribution is 0.173. The van der Waals surface area contributed by atoms with E-state index in [2.05, 4.69) is 14.7 Å². The monoisotopic (exact) mass is 260 g/mol. The molecule has 7 nitrogen and oxygen atoms in total. The van der Waals surface area contributed by atoms with Gasteiger partial charge in [0.1, 0.15) is 4.90 Å². The van der Waals surface area contributed by atoms with Gasteiger partial charge >= 0.3 is 0 Å². The molecule has 0 aliphatic heterocycles. The number of hydrogen-bond donors (Lipinski definition) is 2. The Morgan fingerprint density at radius 2 is 2.06 bits per heavy atom. The third-order valence-electron chi connectivity index (χ3n) is 2.14. The van der Waals surface area contributed by atoms with E-state index in [0.717, 1.165) is 0 Å². The van der Waals surface area contributed by atoms with Crippen LogP contribution >= 0.6 is 0 Å². The molecule has 17 heavy (non-hydrogen) atoms. The predicted octanol–water partition coefficient (Wildman–Crippen LogP) is -0.238. The van der Waals surface area contributed by atoms with E-state index in [9.17, 15) is 8.42 Å². The maximum absolute atomic E-state index is 11.9. The molecular formula is C9H16N4O3S. The highest BCUT2D eigenvalue weighted by atomic mass is 32.2. The molecule has 0 spiro atoms. The van der Waals surface area contributed by atoms with E-state index in [1.54, 1.807) is 0 Å². The number of rotatable bonds is 6. The summed E-state index contributed by atoms with van der Waals surface area (Å²) >= 11 is 0. The van der Waals surface area contributed by atoms with Crippen molar-refractivity contribution >= 4 is 16.0 Å². The molecule has 0 aliphatic carbocycles. The molecule has 1 rings (SSSR count). The fourth-order valence-electron chi connectivity index (χ4n) is 1.19. The zero-order valence-electron chi connectivity index (χ0n) is 9.75. The molecule has 0 aliphatic rings. The average molecular weight is 260 g/mol. The standard InChI is InChI=1S/C9H16N4O3S/c1-3-7(6-16-2)13-17(14,15)8-4-11-9(10)12-5-8/h4-5,7,13H,3,6H2,1-2H3,(H2,10,11,12). The minimum Gasteiger partial charge on any atom is -0.383 e. The van der Waals surface area contributed by atoms with Crippen LogP contribution in [0.2, 0.25) is 0 Å². The van der Waals surface area contributed by atoms with Crippen LogP contribution in [0.1, 0.15) is 13.3 Å². The summed E-state index contributed by atoms with van der Waals surface area (Å²) in [5.41, 5.74) is 5.29. The van der Waals surface area contributed by atoms with E-state index in [1.807, 2.05) is 6.92 Å². The Morgan fingerprint density at radius 1 is 1.47 bits per heavy atom. The van der Waals surface area contributed by atoms with Crippen LogP contribution in [0.3, 0.4) is 0 Å². The van der Waals surface area contributed by atoms with Crippen molar-refractivity contribution in [3.05, 3.63) is 12.4 Å². The van der Waals surface area contributed by atoms with Crippen molar-refractivity contribution in [3.63, 3.8) is 0 Å². The highest BCUT2D eigenvalue weighted by Crippen LogP contribution is 2.07. The fraction of sp³-hybridized carbons (Fsp3) is 0.556. The third-order valence-corrected chi connectivity index (χ3v) is 3.62. The van der Waals surface area contributed by atoms with E-state index in [-0.39, 0.29) is 16.9 Å². The molecule has 0 amide bonds. The maximum atomic E-state index is 11.9. The largest absolute Gasteiger partial charge is 0.383 e. The molecule has 1 atom stereocenters. The molecule has 3 N–H and O–H groups in total. The SMILES string of the molecule is CCC(COC)NS(=O)(=O)c1cnc(N)nc1. The van der Waals surface area contributed by atoms with Gasteiger partial charge in [-0.3, -0.25) is 0 Å². The molecule has 0 bridgehead atoms. The van der Waals surface area contributed by atoms with Crippen molar-refractivity contribution in [2.24, 2.45) is 0 Å². The first-order valence-electron chi connectivity index (χ1n) is 5.08. The number of nitrogens with two attached hydrogens (primary N) is 1. The number of methoxy groups -OCH3 is 1. The molecule has 0 radical (unpaired) electrons. The van der Waals surface area contributed by atoms with Crippen LogP contribution in [-0.2, 0) is 14.8 Å². The molecule has 0 fully saturated rings. The van der Waals surface area contributed by atoms with Crippen LogP contribution in [0.15, 0.2) is 17.3 Å². The molecule has 1 heterocycles. The Labute approximate surface area is 100 Å². The van der Waals surface area contributed by atoms with Crippen LogP contribution in [0.5, 0.6) is 0 Å². The van der Waals surface area contributed by atoms with Crippen molar-refractivity contribution in [1.82, 2.24) is 14.7 Å². The second-order valence-electron chi connectivity index (χ2n) is 3.46. The zero-order valence-corrected chi connectivity index (χ0v) is 10.6. The van der Waals surface area contributed by atoms with Gasteiger partial charge in [0.25, 0.3) is 0 Å². The van der Waals surface area contributed by atoms with Gasteiger partial charge in [-0.2, -0.15) is 0 Å². The Bertz CT molecular complexity index is 446. The first-order chi connectivity index (χ1) is 7.99. The normalized spacial score (nSPS) is 13.5. The van der Waals surface area contributed by atoms with Crippen LogP contribution in [0, 0.1) is 0 Å². The van der Waals surface area contributed by atoms with Gasteiger partial charge in [0, 0.05) is 13.2 Å². The number of nitrogen functional groups attached to an aromatic ring is 1. The quantitative estimate of drug-likeness (QED) is 0.731. The highest BCUT2D eigenvalue weighted by Gasteiger charge is 2.19. The van der Waals surface area contributed by atoms with E-state index in [0.29, 0.717) is 13.0 Å². The minimum atomic E-state index is -3.62. The van der Waals surface area contributed by atoms with Crippen molar-refractivity contribution in [3.8, 4) is 0 Å². The number of anilines is 1. The first-order valence-corrected chi connectivity index (χ1v) is 6.56. The molecule has 1 aromatic rings. The lowest BCUT2D eigenvalue weighted by Gasteiger charge is -2.15. The third kappa shape index (κ3) is 3.91. The van der Waals surface area contributed by atoms with Gasteiger partial charge in [0.2, 0.25) is 16.0 Å². The smallest absolute Gasteiger partial charge is 0.243 e. The second-order valence-corrected chi connectivity index (χ2v) is 5.17. The van der Waals surface area contributed by atoms with E-state index in [4.69, 9.17) is 10.5 Å². The maximum Gasteiger partial charge on any atom is 0.243 e. The molecule has 0 saturated heterocycles. The van der Waals surface area contributed by atoms with Crippen LogP contribution < -0.4 is 10.5 Å². The van der Waals surface area contributed by atoms with Gasteiger partial charge in [0.15, 0.2) is 0 Å². The summed E-state index contributed by atoms with van der Waals surface area (Å²) in [6, 6.07) is -0.275. The van der Waals surface area contributed by atoms with Crippen LogP contribution in [0.25, 0.3) is 0 Å². The van der Waals surface area contributed by atoms with Crippen molar-refractivity contribution < 1.29 is 13.2 Å². The number of hydrogen-bond acceptors (Lipinski definition) is 6. The van der Waals surface area contributed by atoms with Crippen LogP contribution in [-0.4, -0.2) is 38.1 Å². The predicted molar refractivity (Wildman–Crippen MR) is 62.7 cm³/mol. The topological polar surface area (TPSA) is 107 Å². The Hall–Kier alpha value is -1.25. The average Bonchev–Trinajstić information content (AvgIpc) is 2.28. The lowest BCUT2D eigenvalue weighted by atomic mass is 10.3. The number of nitrogens with one attached hydrogen (secondary N) is 1. The van der Waals surface area contributed by atoms with E-state index in [1.165, 1.54) is 19.5 Å². The van der Waals surface area contributed by atoms with Gasteiger partial charge in [-0.1, -0.05) is 6.92 Å². The molecule has 1 aromatic heterocycles. The number of nitrogens with zero attached hydrogens (tertiary/aromatic N) is 2. The number of ether oxygens (including phenoxy) is 1. The van der Waals surface area contributed by atoms with Crippen molar-refractivity contribution in [1.29, 1.82) is 0 Å². The highest BCUT2D eigenvalue weighted by molar-refractivity contribution is 7.89. The first kappa shape index (κ1) is 13.8. The molecule has 0 saturated carbocycles. The van der Waals surface area contributed by atoms with Gasteiger partial charge in [-0.15, -0.1) is 0 Å². The Balaban J connectivity index is 2.84. The molecular weight excluding hydrogens is 244 g/mol. The summed E-state index contributed by atoms with van der Waals surface area (Å²) in [6.07, 6.45) is 2.97. The summed E-state index contributed by atoms with van der Waals surface area (Å²) in [6.45, 7) is 2.18. The fourth-order valence-corrected chi connectivity index (χ4v) is 2.38. The van der Waals surface area contributed by atoms with Gasteiger partial charge in [0.05, 0.1) is 19.0 Å². The zero-order chi connectivity index (χ0) is 12.9. The molecule has 1 unspecified atom stereocenters. The minimum absolute atomic E-state index is 0.0127. The summed E-state index contributed by atoms with van der Waals surface area (Å²) in [5.74, 6) is 0.0351. The Kier molecular flexibility index (Phi) is 4.79. The van der Waals surface area contributed by atoms with Crippen LogP contribution in [0.4, 0.5) is 5.95 Å². The van der Waals surface area contributed by atoms with Gasteiger partial charge in [-0.25, -0.2) is 23.1 Å². The molecule has 0 aromatic carbocycles. The van der Waals surface area contributed by atoms with E-state index < -0.39 is 10.0 Å². The summed E-state index contributed by atoms with van der Waals surface area (Å²) in [7, 11) is -2.10.